The summed E-state index contributed by atoms with van der Waals surface area (Å²) in [6.45, 7) is 2.09. The van der Waals surface area contributed by atoms with Crippen molar-refractivity contribution in [1.29, 1.82) is 0 Å². The zero-order valence-corrected chi connectivity index (χ0v) is 15.4. The molecule has 0 radical (unpaired) electrons. The first-order valence-corrected chi connectivity index (χ1v) is 8.94. The van der Waals surface area contributed by atoms with E-state index in [0.29, 0.717) is 23.4 Å². The highest BCUT2D eigenvalue weighted by Gasteiger charge is 2.31. The first kappa shape index (κ1) is 19.1. The molecule has 0 saturated heterocycles. The van der Waals surface area contributed by atoms with E-state index in [1.165, 1.54) is 23.0 Å². The fraction of sp³-hybridized carbons (Fsp3) is 0.250. The third-order valence-electron chi connectivity index (χ3n) is 4.66. The van der Waals surface area contributed by atoms with Crippen molar-refractivity contribution in [1.82, 2.24) is 14.8 Å². The van der Waals surface area contributed by atoms with Crippen molar-refractivity contribution >= 4 is 11.6 Å². The summed E-state index contributed by atoms with van der Waals surface area (Å²) in [6.07, 6.45) is -0.924. The lowest BCUT2D eigenvalue weighted by molar-refractivity contribution is -0.137. The molecule has 0 fully saturated rings. The molecule has 1 unspecified atom stereocenters. The fourth-order valence-electron chi connectivity index (χ4n) is 3.22. The van der Waals surface area contributed by atoms with Gasteiger partial charge in [-0.1, -0.05) is 0 Å². The predicted molar refractivity (Wildman–Crippen MR) is 98.7 cm³/mol. The molecule has 0 bridgehead atoms. The van der Waals surface area contributed by atoms with E-state index in [0.717, 1.165) is 17.8 Å². The van der Waals surface area contributed by atoms with Crippen LogP contribution in [0.15, 0.2) is 48.8 Å². The first-order valence-electron chi connectivity index (χ1n) is 8.94. The first-order chi connectivity index (χ1) is 13.8. The maximum atomic E-state index is 12.9. The van der Waals surface area contributed by atoms with Crippen LogP contribution in [0.1, 0.15) is 34.2 Å². The van der Waals surface area contributed by atoms with E-state index in [4.69, 9.17) is 4.74 Å². The minimum atomic E-state index is -4.42. The second-order valence-electron chi connectivity index (χ2n) is 6.75. The van der Waals surface area contributed by atoms with Crippen LogP contribution in [0.25, 0.3) is 5.69 Å². The second-order valence-corrected chi connectivity index (χ2v) is 6.75. The summed E-state index contributed by atoms with van der Waals surface area (Å²) in [5, 5.41) is 7.14. The number of fused-ring (bicyclic) bond motifs is 1. The molecule has 150 valence electrons. The van der Waals surface area contributed by atoms with E-state index in [1.54, 1.807) is 18.3 Å². The number of nitrogens with zero attached hydrogens (tertiary/aromatic N) is 3. The molecule has 0 saturated carbocycles. The highest BCUT2D eigenvalue weighted by Crippen LogP contribution is 2.31. The van der Waals surface area contributed by atoms with Gasteiger partial charge in [-0.2, -0.15) is 18.3 Å². The zero-order valence-electron chi connectivity index (χ0n) is 15.4. The van der Waals surface area contributed by atoms with Crippen molar-refractivity contribution in [2.24, 2.45) is 0 Å². The largest absolute Gasteiger partial charge is 0.416 e. The number of alkyl halides is 3. The molecule has 1 aliphatic rings. The fourth-order valence-corrected chi connectivity index (χ4v) is 3.22. The van der Waals surface area contributed by atoms with Gasteiger partial charge in [0.1, 0.15) is 0 Å². The number of carbonyl (C=O) groups excluding carboxylic acids is 1. The minimum absolute atomic E-state index is 0.0957. The number of ether oxygens (including phenoxy) is 1. The number of aromatic nitrogens is 3. The van der Waals surface area contributed by atoms with Crippen LogP contribution >= 0.6 is 0 Å². The summed E-state index contributed by atoms with van der Waals surface area (Å²) in [4.78, 5) is 16.7. The number of benzene rings is 1. The molecular formula is C20H17F3N4O2. The van der Waals surface area contributed by atoms with Crippen molar-refractivity contribution in [2.75, 3.05) is 5.32 Å². The highest BCUT2D eigenvalue weighted by atomic mass is 19.4. The van der Waals surface area contributed by atoms with Crippen LogP contribution in [0, 0.1) is 0 Å². The Balaban J connectivity index is 1.72. The Kier molecular flexibility index (Phi) is 4.83. The van der Waals surface area contributed by atoms with Gasteiger partial charge in [0.05, 0.1) is 41.5 Å². The van der Waals surface area contributed by atoms with Gasteiger partial charge in [-0.05, 0) is 43.3 Å². The molecular weight excluding hydrogens is 385 g/mol. The topological polar surface area (TPSA) is 69.0 Å². The smallest absolute Gasteiger partial charge is 0.373 e. The lowest BCUT2D eigenvalue weighted by Gasteiger charge is -2.21. The standard InChI is InChI=1S/C20H17F3N4O2/c1-12-9-17-16(11-29-12)18(19(28)25-14-3-2-8-24-10-14)26-27(17)15-6-4-13(5-7-15)20(21,22)23/h2-8,10,12H,9,11H2,1H3,(H,25,28). The summed E-state index contributed by atoms with van der Waals surface area (Å²) < 4.78 is 45.8. The molecule has 1 atom stereocenters. The molecule has 1 aromatic carbocycles. The second kappa shape index (κ2) is 7.32. The van der Waals surface area contributed by atoms with Gasteiger partial charge in [0.25, 0.3) is 5.91 Å². The third-order valence-corrected chi connectivity index (χ3v) is 4.66. The Bertz CT molecular complexity index is 1030. The lowest BCUT2D eigenvalue weighted by atomic mass is 10.0. The average molecular weight is 402 g/mol. The normalized spacial score (nSPS) is 16.3. The van der Waals surface area contributed by atoms with Gasteiger partial charge < -0.3 is 10.1 Å². The number of rotatable bonds is 3. The summed E-state index contributed by atoms with van der Waals surface area (Å²) in [6, 6.07) is 8.08. The Morgan fingerprint density at radius 2 is 2.00 bits per heavy atom. The third kappa shape index (κ3) is 3.86. The van der Waals surface area contributed by atoms with Gasteiger partial charge in [0, 0.05) is 18.2 Å². The number of amides is 1. The number of hydrogen-bond acceptors (Lipinski definition) is 4. The van der Waals surface area contributed by atoms with Crippen LogP contribution in [-0.2, 0) is 23.9 Å². The number of halogens is 3. The molecule has 9 heteroatoms. The Morgan fingerprint density at radius 1 is 1.24 bits per heavy atom. The minimum Gasteiger partial charge on any atom is -0.373 e. The monoisotopic (exact) mass is 402 g/mol. The highest BCUT2D eigenvalue weighted by molar-refractivity contribution is 6.04. The molecule has 6 nitrogen and oxygen atoms in total. The molecule has 29 heavy (non-hydrogen) atoms. The Labute approximate surface area is 164 Å². The summed E-state index contributed by atoms with van der Waals surface area (Å²) in [7, 11) is 0. The molecule has 2 aromatic heterocycles. The Hall–Kier alpha value is -3.20. The molecule has 1 amide bonds. The predicted octanol–water partition coefficient (Wildman–Crippen LogP) is 4.00. The van der Waals surface area contributed by atoms with Gasteiger partial charge in [0.2, 0.25) is 0 Å². The van der Waals surface area contributed by atoms with Crippen molar-refractivity contribution in [3.05, 3.63) is 71.3 Å². The van der Waals surface area contributed by atoms with Crippen LogP contribution in [0.2, 0.25) is 0 Å². The van der Waals surface area contributed by atoms with Crippen LogP contribution in [0.5, 0.6) is 0 Å². The Morgan fingerprint density at radius 3 is 2.66 bits per heavy atom. The maximum absolute atomic E-state index is 12.9. The summed E-state index contributed by atoms with van der Waals surface area (Å²) >= 11 is 0. The van der Waals surface area contributed by atoms with E-state index in [1.807, 2.05) is 6.92 Å². The number of pyridine rings is 1. The van der Waals surface area contributed by atoms with Crippen LogP contribution in [0.3, 0.4) is 0 Å². The van der Waals surface area contributed by atoms with Crippen molar-refractivity contribution in [2.45, 2.75) is 32.2 Å². The van der Waals surface area contributed by atoms with Gasteiger partial charge in [0.15, 0.2) is 5.69 Å². The SMILES string of the molecule is CC1Cc2c(c(C(=O)Nc3cccnc3)nn2-c2ccc(C(F)(F)F)cc2)CO1. The van der Waals surface area contributed by atoms with Gasteiger partial charge in [-0.3, -0.25) is 9.78 Å². The van der Waals surface area contributed by atoms with Gasteiger partial charge >= 0.3 is 6.18 Å². The van der Waals surface area contributed by atoms with Crippen molar-refractivity contribution in [3.63, 3.8) is 0 Å². The number of anilines is 1. The number of nitrogens with one attached hydrogen (secondary N) is 1. The van der Waals surface area contributed by atoms with Gasteiger partial charge in [-0.25, -0.2) is 4.68 Å². The van der Waals surface area contributed by atoms with E-state index in [2.05, 4.69) is 15.4 Å². The molecule has 3 heterocycles. The molecule has 0 aliphatic carbocycles. The van der Waals surface area contributed by atoms with Gasteiger partial charge in [-0.15, -0.1) is 0 Å². The summed E-state index contributed by atoms with van der Waals surface area (Å²) in [5.74, 6) is -0.432. The summed E-state index contributed by atoms with van der Waals surface area (Å²) in [5.41, 5.74) is 1.78. The molecule has 3 aromatic rings. The molecule has 1 aliphatic heterocycles. The van der Waals surface area contributed by atoms with E-state index in [9.17, 15) is 18.0 Å². The van der Waals surface area contributed by atoms with E-state index in [-0.39, 0.29) is 18.4 Å². The molecule has 0 spiro atoms. The number of hydrogen-bond donors (Lipinski definition) is 1. The van der Waals surface area contributed by atoms with E-state index < -0.39 is 17.6 Å². The van der Waals surface area contributed by atoms with Crippen molar-refractivity contribution < 1.29 is 22.7 Å². The van der Waals surface area contributed by atoms with Crippen LogP contribution < -0.4 is 5.32 Å². The molecule has 1 N–H and O–H groups in total. The van der Waals surface area contributed by atoms with Crippen molar-refractivity contribution in [3.8, 4) is 5.69 Å². The average Bonchev–Trinajstić information content (AvgIpc) is 3.07. The van der Waals surface area contributed by atoms with E-state index >= 15 is 0 Å². The van der Waals surface area contributed by atoms with Crippen LogP contribution in [0.4, 0.5) is 18.9 Å². The lowest BCUT2D eigenvalue weighted by Crippen LogP contribution is -2.22. The van der Waals surface area contributed by atoms with Crippen LogP contribution in [-0.4, -0.2) is 26.8 Å². The molecule has 4 rings (SSSR count). The maximum Gasteiger partial charge on any atom is 0.416 e. The number of carbonyl (C=O) groups is 1. The quantitative estimate of drug-likeness (QED) is 0.719. The zero-order chi connectivity index (χ0) is 20.6.